The predicted molar refractivity (Wildman–Crippen MR) is 291 cm³/mol. The van der Waals surface area contributed by atoms with E-state index in [1.165, 1.54) is 16.6 Å². The lowest BCUT2D eigenvalue weighted by atomic mass is 9.91. The van der Waals surface area contributed by atoms with Gasteiger partial charge in [-0.05, 0) is 138 Å². The van der Waals surface area contributed by atoms with E-state index in [1.807, 2.05) is 12.1 Å². The lowest BCUT2D eigenvalue weighted by Gasteiger charge is -2.48. The summed E-state index contributed by atoms with van der Waals surface area (Å²) >= 11 is 1.58. The van der Waals surface area contributed by atoms with E-state index in [0.717, 1.165) is 91.8 Å². The molecule has 4 N–H and O–H groups in total. The highest BCUT2D eigenvalue weighted by molar-refractivity contribution is 7.46. The molecule has 0 spiro atoms. The van der Waals surface area contributed by atoms with Crippen LogP contribution in [0.1, 0.15) is 128 Å². The molecule has 1 aromatic carbocycles. The summed E-state index contributed by atoms with van der Waals surface area (Å²) < 4.78 is 45.2. The van der Waals surface area contributed by atoms with Crippen LogP contribution in [-0.2, 0) is 37.9 Å². The van der Waals surface area contributed by atoms with Gasteiger partial charge in [-0.1, -0.05) is 0 Å². The maximum Gasteiger partial charge on any atom is 0.471 e. The number of piperidine rings is 2. The van der Waals surface area contributed by atoms with Crippen LogP contribution in [0, 0.1) is 0 Å². The smallest absolute Gasteiger partial charge is 0.471 e. The Morgan fingerprint density at radius 2 is 1.59 bits per heavy atom. The minimum absolute atomic E-state index is 0.0625. The number of ether oxygens (including phenoxy) is 1. The zero-order valence-corrected chi connectivity index (χ0v) is 45.3. The summed E-state index contributed by atoms with van der Waals surface area (Å²) in [6.45, 7) is 10.5. The third-order valence-corrected chi connectivity index (χ3v) is 18.1. The minimum Gasteiger partial charge on any atom is -0.480 e. The minimum atomic E-state index is -5.08. The van der Waals surface area contributed by atoms with Crippen molar-refractivity contribution < 1.29 is 56.8 Å². The van der Waals surface area contributed by atoms with Crippen LogP contribution >= 0.6 is 19.2 Å². The molecule has 1 aliphatic carbocycles. The summed E-state index contributed by atoms with van der Waals surface area (Å²) in [4.78, 5) is 113. The van der Waals surface area contributed by atoms with E-state index in [2.05, 4.69) is 48.4 Å². The normalized spacial score (nSPS) is 23.6. The van der Waals surface area contributed by atoms with E-state index in [0.29, 0.717) is 52.7 Å². The number of aliphatic hydroxyl groups is 1. The number of anilines is 5. The number of aromatic nitrogens is 3. The average Bonchev–Trinajstić information content (AvgIpc) is 4.02. The van der Waals surface area contributed by atoms with Crippen LogP contribution in [0.5, 0.6) is 5.88 Å². The van der Waals surface area contributed by atoms with Crippen molar-refractivity contribution in [3.05, 3.63) is 98.6 Å². The third-order valence-electron chi connectivity index (χ3n) is 16.2. The number of methoxy groups -OCH3 is 1. The average molecular weight is 1110 g/mol. The Labute approximate surface area is 459 Å². The highest BCUT2D eigenvalue weighted by atomic mass is 32.1. The van der Waals surface area contributed by atoms with Gasteiger partial charge in [0.1, 0.15) is 29.6 Å². The second kappa shape index (κ2) is 21.2. The van der Waals surface area contributed by atoms with E-state index in [9.17, 15) is 43.4 Å². The number of pyridine rings is 3. The van der Waals surface area contributed by atoms with Crippen molar-refractivity contribution in [1.29, 1.82) is 0 Å². The molecule has 6 aliphatic rings. The van der Waals surface area contributed by atoms with Gasteiger partial charge in [0.15, 0.2) is 0 Å². The number of rotatable bonds is 13. The summed E-state index contributed by atoms with van der Waals surface area (Å²) in [7, 11) is -7.90. The number of imide groups is 2. The molecular weight excluding hydrogens is 1040 g/mol. The van der Waals surface area contributed by atoms with Crippen LogP contribution in [0.3, 0.4) is 0 Å². The number of carbonyl (C=O) groups excluding carboxylic acids is 5. The van der Waals surface area contributed by atoms with E-state index in [-0.39, 0.29) is 59.6 Å². The molecule has 5 aromatic rings. The number of hydrogen-bond acceptors (Lipinski definition) is 17. The Morgan fingerprint density at radius 1 is 0.808 bits per heavy atom. The quantitative estimate of drug-likeness (QED) is 0.0714. The summed E-state index contributed by atoms with van der Waals surface area (Å²) in [5, 5.41) is 14.6. The molecule has 21 nitrogen and oxygen atoms in total. The van der Waals surface area contributed by atoms with Crippen LogP contribution in [-0.4, -0.2) is 144 Å². The van der Waals surface area contributed by atoms with Gasteiger partial charge in [-0.3, -0.25) is 48.1 Å². The number of nitrogens with zero attached hydrogens (tertiary/aromatic N) is 9. The number of phosphoric acid groups is 1. The maximum atomic E-state index is 14.2. The number of fused-ring (bicyclic) bond motifs is 4. The molecule has 78 heavy (non-hydrogen) atoms. The van der Waals surface area contributed by atoms with Crippen LogP contribution in [0.2, 0.25) is 0 Å². The predicted octanol–water partition coefficient (Wildman–Crippen LogP) is 6.62. The molecular formula is C55H63N10O11PS. The number of amides is 5. The fraction of sp³-hybridized carbons (Fsp3) is 0.455. The Balaban J connectivity index is 0.737. The Bertz CT molecular complexity index is 3400. The zero-order chi connectivity index (χ0) is 57.4. The van der Waals surface area contributed by atoms with Gasteiger partial charge in [-0.2, -0.15) is 0 Å². The third kappa shape index (κ3) is 9.85. The number of piperazine rings is 1. The molecule has 0 saturated carbocycles. The maximum absolute atomic E-state index is 14.2. The molecule has 0 bridgehead atoms. The van der Waals surface area contributed by atoms with Crippen LogP contribution in [0.4, 0.5) is 28.7 Å². The molecule has 6 atom stereocenters. The largest absolute Gasteiger partial charge is 0.480 e. The standard InChI is InChI=1S/C55H63N10O11PS/c1-30-24-35(17-20-61(30)36-10-12-41-42(26-36)53(69)65(52(41)68)44-13-15-47(67)64(54(44)70)33(4)76-77(72,73)74)60-22-23-62(31(2)29-60)37-11-14-46(57-28-37)59-43-25-34(27-58-51(43)75-5)38-16-19-56-50(48(38)32(3)66)63-21-18-40-39-8-6-7-9-45(39)78-49(40)55(63)71/h10-12,14,16,19,25-28,30-33,35,44,66H,6-9,13,15,17-18,20-24,29H2,1-5H3,(H,57,59)(H2,72,73,74)/t30-,31-,32+,33?,35?,44?/m0/s1/i5D3. The first-order valence-electron chi connectivity index (χ1n) is 28.0. The van der Waals surface area contributed by atoms with Crippen molar-refractivity contribution in [2.45, 2.75) is 122 Å². The van der Waals surface area contributed by atoms with Crippen LogP contribution in [0.25, 0.3) is 11.1 Å². The van der Waals surface area contributed by atoms with Gasteiger partial charge in [0.2, 0.25) is 11.8 Å². The fourth-order valence-corrected chi connectivity index (χ4v) is 14.4. The number of phosphoric ester groups is 1. The SMILES string of the molecule is [2H]C([2H])([2H])Oc1ncc(-c2ccnc(N3CCc4c(sc5c4CCCC5)C3=O)c2[C@@H](C)O)cc1Nc1ccc(N2CCN(C3CCN(c4ccc5c(c4)C(=O)N(C4CCC(=O)N(C(C)OP(=O)(O)O)C4=O)C5=O)[C@@H](C)C3)C[C@@H]2C)cn1. The summed E-state index contributed by atoms with van der Waals surface area (Å²) in [5.74, 6) is -2.61. The number of aryl methyl sites for hydroxylation is 1. The van der Waals surface area contributed by atoms with Crippen molar-refractivity contribution in [3.63, 3.8) is 0 Å². The molecule has 5 amide bonds. The molecule has 9 heterocycles. The lowest BCUT2D eigenvalue weighted by Crippen LogP contribution is -2.58. The van der Waals surface area contributed by atoms with E-state index >= 15 is 0 Å². The van der Waals surface area contributed by atoms with E-state index in [1.54, 1.807) is 65.9 Å². The molecule has 5 aliphatic heterocycles. The number of carbonyl (C=O) groups is 5. The number of nitrogens with one attached hydrogen (secondary N) is 1. The molecule has 23 heteroatoms. The molecule has 4 aromatic heterocycles. The Kier molecular flexibility index (Phi) is 13.5. The zero-order valence-electron chi connectivity index (χ0n) is 46.6. The van der Waals surface area contributed by atoms with E-state index < -0.39 is 56.9 Å². The molecule has 3 fully saturated rings. The van der Waals surface area contributed by atoms with Crippen molar-refractivity contribution in [2.75, 3.05) is 59.8 Å². The van der Waals surface area contributed by atoms with Gasteiger partial charge in [0, 0.05) is 91.4 Å². The van der Waals surface area contributed by atoms with Gasteiger partial charge >= 0.3 is 7.82 Å². The molecule has 3 saturated heterocycles. The van der Waals surface area contributed by atoms with Crippen LogP contribution < -0.4 is 24.8 Å². The summed E-state index contributed by atoms with van der Waals surface area (Å²) in [6, 6.07) is 11.3. The van der Waals surface area contributed by atoms with Crippen molar-refractivity contribution >= 4 is 77.4 Å². The highest BCUT2D eigenvalue weighted by Gasteiger charge is 2.49. The van der Waals surface area contributed by atoms with Crippen LogP contribution in [0.15, 0.2) is 61.1 Å². The fourth-order valence-electron chi connectivity index (χ4n) is 12.5. The Morgan fingerprint density at radius 3 is 2.33 bits per heavy atom. The van der Waals surface area contributed by atoms with Gasteiger partial charge in [0.05, 0.1) is 45.1 Å². The first-order valence-corrected chi connectivity index (χ1v) is 28.8. The Hall–Kier alpha value is -6.65. The monoisotopic (exact) mass is 1110 g/mol. The number of thiophene rings is 1. The van der Waals surface area contributed by atoms with Gasteiger partial charge in [-0.15, -0.1) is 11.3 Å². The van der Waals surface area contributed by atoms with Gasteiger partial charge < -0.3 is 34.7 Å². The molecule has 0 radical (unpaired) electrons. The number of likely N-dealkylation sites (tertiary alicyclic amines) is 1. The topological polar surface area (TPSA) is 252 Å². The molecule has 3 unspecified atom stereocenters. The van der Waals surface area contributed by atoms with Crippen molar-refractivity contribution in [1.82, 2.24) is 29.7 Å². The first-order chi connectivity index (χ1) is 38.5. The number of hydrogen-bond donors (Lipinski definition) is 4. The number of benzene rings is 1. The highest BCUT2D eigenvalue weighted by Crippen LogP contribution is 2.44. The first kappa shape index (κ1) is 49.6. The van der Waals surface area contributed by atoms with Crippen molar-refractivity contribution in [3.8, 4) is 17.0 Å². The van der Waals surface area contributed by atoms with Gasteiger partial charge in [-0.25, -0.2) is 19.5 Å². The van der Waals surface area contributed by atoms with Crippen molar-refractivity contribution in [2.24, 2.45) is 0 Å². The number of aliphatic hydroxyl groups excluding tert-OH is 1. The molecule has 410 valence electrons. The second-order valence-corrected chi connectivity index (χ2v) is 23.3. The summed E-state index contributed by atoms with van der Waals surface area (Å²) in [6.07, 6.45) is 8.39. The summed E-state index contributed by atoms with van der Waals surface area (Å²) in [5.41, 5.74) is 6.14. The lowest BCUT2D eigenvalue weighted by molar-refractivity contribution is -0.161. The second-order valence-electron chi connectivity index (χ2n) is 21.0. The van der Waals surface area contributed by atoms with Gasteiger partial charge in [0.25, 0.3) is 23.6 Å². The van der Waals surface area contributed by atoms with E-state index in [4.69, 9.17) is 13.8 Å². The molecule has 11 rings (SSSR count).